The maximum Gasteiger partial charge on any atom is 0.224 e. The van der Waals surface area contributed by atoms with Crippen LogP contribution in [-0.4, -0.2) is 31.1 Å². The lowest BCUT2D eigenvalue weighted by atomic mass is 9.66. The zero-order valence-electron chi connectivity index (χ0n) is 19.7. The normalized spacial score (nSPS) is 25.8. The highest BCUT2D eigenvalue weighted by molar-refractivity contribution is 5.83. The number of amides is 1. The lowest BCUT2D eigenvalue weighted by Gasteiger charge is -2.44. The highest BCUT2D eigenvalue weighted by atomic mass is 16.5. The van der Waals surface area contributed by atoms with Crippen LogP contribution in [0.2, 0.25) is 0 Å². The molecule has 2 aromatic carbocycles. The fourth-order valence-electron chi connectivity index (χ4n) is 6.79. The predicted octanol–water partition coefficient (Wildman–Crippen LogP) is 5.76. The molecule has 1 amide bonds. The lowest BCUT2D eigenvalue weighted by Crippen LogP contribution is -2.46. The van der Waals surface area contributed by atoms with Crippen LogP contribution in [0, 0.1) is 0 Å². The van der Waals surface area contributed by atoms with Crippen molar-refractivity contribution >= 4 is 5.91 Å². The summed E-state index contributed by atoms with van der Waals surface area (Å²) in [6.07, 6.45) is 9.90. The van der Waals surface area contributed by atoms with Crippen molar-refractivity contribution in [1.29, 1.82) is 0 Å². The molecule has 4 nitrogen and oxygen atoms in total. The first-order valence-electron chi connectivity index (χ1n) is 12.2. The summed E-state index contributed by atoms with van der Waals surface area (Å²) in [4.78, 5) is 15.9. The number of hydrogen-bond donors (Lipinski definition) is 0. The van der Waals surface area contributed by atoms with E-state index in [0.29, 0.717) is 12.3 Å². The van der Waals surface area contributed by atoms with E-state index < -0.39 is 0 Å². The molecule has 1 saturated heterocycles. The fraction of sp³-hybridized carbons (Fsp3) is 0.536. The standard InChI is InChI=1S/C28H35NO3/c1-19(22-12-8-10-20-9-4-5-11-23(20)22)29-26-13-6-7-16-28(26,18-27(29)30)21-14-15-24(31-2)25(17-21)32-3/h8,10,12,14-15,17,19,26H,4-7,9,11,13,16,18H2,1-3H3/t19-,26-,28+/m1/s1. The molecule has 2 fully saturated rings. The van der Waals surface area contributed by atoms with Gasteiger partial charge in [-0.25, -0.2) is 0 Å². The smallest absolute Gasteiger partial charge is 0.224 e. The Morgan fingerprint density at radius 1 is 1.00 bits per heavy atom. The SMILES string of the molecule is COc1ccc([C@@]23CCCC[C@H]2N([C@H](C)c2cccc4c2CCCC4)C(=O)C3)cc1OC. The molecule has 1 aliphatic heterocycles. The number of benzene rings is 2. The molecule has 0 unspecified atom stereocenters. The van der Waals surface area contributed by atoms with Crippen molar-refractivity contribution in [3.8, 4) is 11.5 Å². The minimum absolute atomic E-state index is 0.112. The molecule has 0 spiro atoms. The number of carbonyl (C=O) groups is 1. The highest BCUT2D eigenvalue weighted by Gasteiger charge is 2.55. The van der Waals surface area contributed by atoms with Gasteiger partial charge < -0.3 is 14.4 Å². The maximum atomic E-state index is 13.6. The second kappa shape index (κ2) is 8.46. The summed E-state index contributed by atoms with van der Waals surface area (Å²) in [6, 6.07) is 13.4. The Morgan fingerprint density at radius 2 is 1.81 bits per heavy atom. The molecule has 1 heterocycles. The van der Waals surface area contributed by atoms with Crippen LogP contribution in [0.4, 0.5) is 0 Å². The Kier molecular flexibility index (Phi) is 5.65. The third kappa shape index (κ3) is 3.30. The Labute approximate surface area is 191 Å². The Balaban J connectivity index is 1.55. The molecule has 2 aliphatic carbocycles. The van der Waals surface area contributed by atoms with E-state index >= 15 is 0 Å². The van der Waals surface area contributed by atoms with Crippen molar-refractivity contribution in [3.05, 3.63) is 58.7 Å². The van der Waals surface area contributed by atoms with E-state index in [1.165, 1.54) is 54.4 Å². The molecular formula is C28H35NO3. The van der Waals surface area contributed by atoms with Crippen molar-refractivity contribution in [2.24, 2.45) is 0 Å². The third-order valence-corrected chi connectivity index (χ3v) is 8.34. The minimum atomic E-state index is -0.141. The van der Waals surface area contributed by atoms with E-state index in [1.54, 1.807) is 14.2 Å². The topological polar surface area (TPSA) is 38.8 Å². The van der Waals surface area contributed by atoms with Crippen LogP contribution in [0.5, 0.6) is 11.5 Å². The number of carbonyl (C=O) groups excluding carboxylic acids is 1. The van der Waals surface area contributed by atoms with E-state index in [-0.39, 0.29) is 17.5 Å². The number of methoxy groups -OCH3 is 2. The molecule has 0 bridgehead atoms. The molecule has 170 valence electrons. The second-order valence-corrected chi connectivity index (χ2v) is 9.83. The lowest BCUT2D eigenvalue weighted by molar-refractivity contribution is -0.131. The van der Waals surface area contributed by atoms with Crippen molar-refractivity contribution in [2.45, 2.75) is 82.2 Å². The van der Waals surface area contributed by atoms with Gasteiger partial charge in [-0.2, -0.15) is 0 Å². The van der Waals surface area contributed by atoms with Gasteiger partial charge in [-0.15, -0.1) is 0 Å². The van der Waals surface area contributed by atoms with Gasteiger partial charge in [0.1, 0.15) is 0 Å². The Morgan fingerprint density at radius 3 is 2.62 bits per heavy atom. The van der Waals surface area contributed by atoms with E-state index in [1.807, 2.05) is 6.07 Å². The van der Waals surface area contributed by atoms with E-state index in [2.05, 4.69) is 42.2 Å². The summed E-state index contributed by atoms with van der Waals surface area (Å²) < 4.78 is 11.1. The number of fused-ring (bicyclic) bond motifs is 2. The van der Waals surface area contributed by atoms with Crippen LogP contribution in [0.1, 0.15) is 80.2 Å². The number of nitrogens with zero attached hydrogens (tertiary/aromatic N) is 1. The predicted molar refractivity (Wildman–Crippen MR) is 126 cm³/mol. The van der Waals surface area contributed by atoms with Crippen molar-refractivity contribution < 1.29 is 14.3 Å². The third-order valence-electron chi connectivity index (χ3n) is 8.34. The van der Waals surface area contributed by atoms with Gasteiger partial charge in [0.2, 0.25) is 5.91 Å². The monoisotopic (exact) mass is 433 g/mol. The first-order valence-corrected chi connectivity index (χ1v) is 12.2. The van der Waals surface area contributed by atoms with Crippen molar-refractivity contribution in [3.63, 3.8) is 0 Å². The summed E-state index contributed by atoms with van der Waals surface area (Å²) >= 11 is 0. The van der Waals surface area contributed by atoms with Crippen molar-refractivity contribution in [2.75, 3.05) is 14.2 Å². The quantitative estimate of drug-likeness (QED) is 0.602. The summed E-state index contributed by atoms with van der Waals surface area (Å²) in [5.41, 5.74) is 5.43. The van der Waals surface area contributed by atoms with Crippen LogP contribution in [0.25, 0.3) is 0 Å². The van der Waals surface area contributed by atoms with Crippen LogP contribution in [-0.2, 0) is 23.1 Å². The van der Waals surface area contributed by atoms with E-state index in [9.17, 15) is 4.79 Å². The molecule has 0 radical (unpaired) electrons. The minimum Gasteiger partial charge on any atom is -0.493 e. The molecule has 2 aromatic rings. The van der Waals surface area contributed by atoms with E-state index in [4.69, 9.17) is 9.47 Å². The van der Waals surface area contributed by atoms with Crippen LogP contribution >= 0.6 is 0 Å². The molecule has 3 atom stereocenters. The molecule has 3 aliphatic rings. The summed E-state index contributed by atoms with van der Waals surface area (Å²) in [7, 11) is 3.35. The first kappa shape index (κ1) is 21.4. The maximum absolute atomic E-state index is 13.6. The molecule has 5 rings (SSSR count). The Hall–Kier alpha value is -2.49. The average Bonchev–Trinajstić information content (AvgIpc) is 3.15. The molecule has 1 saturated carbocycles. The highest BCUT2D eigenvalue weighted by Crippen LogP contribution is 2.53. The second-order valence-electron chi connectivity index (χ2n) is 9.83. The van der Waals surface area contributed by atoms with Gasteiger partial charge in [0, 0.05) is 17.9 Å². The van der Waals surface area contributed by atoms with E-state index in [0.717, 1.165) is 30.8 Å². The molecule has 4 heteroatoms. The van der Waals surface area contributed by atoms with Crippen LogP contribution < -0.4 is 9.47 Å². The zero-order valence-corrected chi connectivity index (χ0v) is 19.7. The first-order chi connectivity index (χ1) is 15.6. The average molecular weight is 434 g/mol. The summed E-state index contributed by atoms with van der Waals surface area (Å²) in [5.74, 6) is 1.79. The summed E-state index contributed by atoms with van der Waals surface area (Å²) in [6.45, 7) is 2.25. The van der Waals surface area contributed by atoms with Gasteiger partial charge in [0.25, 0.3) is 0 Å². The van der Waals surface area contributed by atoms with Crippen LogP contribution in [0.15, 0.2) is 36.4 Å². The largest absolute Gasteiger partial charge is 0.493 e. The van der Waals surface area contributed by atoms with Crippen LogP contribution in [0.3, 0.4) is 0 Å². The Bertz CT molecular complexity index is 1020. The summed E-state index contributed by atoms with van der Waals surface area (Å²) in [5, 5.41) is 0. The number of hydrogen-bond acceptors (Lipinski definition) is 3. The van der Waals surface area contributed by atoms with Gasteiger partial charge in [0.15, 0.2) is 11.5 Å². The fourth-order valence-corrected chi connectivity index (χ4v) is 6.79. The van der Waals surface area contributed by atoms with Crippen molar-refractivity contribution in [1.82, 2.24) is 4.90 Å². The van der Waals surface area contributed by atoms with Gasteiger partial charge in [0.05, 0.1) is 20.3 Å². The van der Waals surface area contributed by atoms with Gasteiger partial charge >= 0.3 is 0 Å². The number of ether oxygens (including phenoxy) is 2. The number of rotatable bonds is 5. The van der Waals surface area contributed by atoms with Gasteiger partial charge in [-0.3, -0.25) is 4.79 Å². The molecular weight excluding hydrogens is 398 g/mol. The molecule has 32 heavy (non-hydrogen) atoms. The van der Waals surface area contributed by atoms with Gasteiger partial charge in [-0.1, -0.05) is 37.1 Å². The number of likely N-dealkylation sites (tertiary alicyclic amines) is 1. The zero-order chi connectivity index (χ0) is 22.3. The number of aryl methyl sites for hydroxylation is 1. The molecule has 0 aromatic heterocycles. The van der Waals surface area contributed by atoms with Gasteiger partial charge in [-0.05, 0) is 79.8 Å². The molecule has 0 N–H and O–H groups in total.